The molecule has 0 unspecified atom stereocenters. The van der Waals surface area contributed by atoms with E-state index in [0.717, 1.165) is 12.8 Å². The van der Waals surface area contributed by atoms with Gasteiger partial charge in [0.05, 0.1) is 0 Å². The van der Waals surface area contributed by atoms with Gasteiger partial charge in [0.2, 0.25) is 0 Å². The van der Waals surface area contributed by atoms with E-state index in [1.54, 1.807) is 0 Å². The van der Waals surface area contributed by atoms with Gasteiger partial charge in [0.25, 0.3) is 0 Å². The van der Waals surface area contributed by atoms with Crippen molar-refractivity contribution >= 4 is 6.21 Å². The molecular formula is C13H23N. The van der Waals surface area contributed by atoms with E-state index < -0.39 is 0 Å². The van der Waals surface area contributed by atoms with Gasteiger partial charge in [0, 0.05) is 11.9 Å². The van der Waals surface area contributed by atoms with Crippen LogP contribution in [0.4, 0.5) is 0 Å². The summed E-state index contributed by atoms with van der Waals surface area (Å²) in [5.41, 5.74) is 2.59. The number of hydrogen-bond acceptors (Lipinski definition) is 1. The summed E-state index contributed by atoms with van der Waals surface area (Å²) in [6.45, 7) is 8.51. The molecule has 0 aromatic carbocycles. The van der Waals surface area contributed by atoms with E-state index in [4.69, 9.17) is 0 Å². The number of rotatable bonds is 6. The summed E-state index contributed by atoms with van der Waals surface area (Å²) < 4.78 is 0. The molecule has 0 amide bonds. The highest BCUT2D eigenvalue weighted by molar-refractivity contribution is 5.55. The zero-order valence-electron chi connectivity index (χ0n) is 10.0. The maximum absolute atomic E-state index is 4.33. The molecular weight excluding hydrogens is 170 g/mol. The topological polar surface area (TPSA) is 12.4 Å². The fourth-order valence-electron chi connectivity index (χ4n) is 1.25. The second-order valence-corrected chi connectivity index (χ2v) is 3.30. The van der Waals surface area contributed by atoms with Crippen LogP contribution < -0.4 is 0 Å². The van der Waals surface area contributed by atoms with Gasteiger partial charge >= 0.3 is 0 Å². The van der Waals surface area contributed by atoms with Crippen molar-refractivity contribution in [3.8, 4) is 0 Å². The van der Waals surface area contributed by atoms with Crippen LogP contribution in [0.2, 0.25) is 0 Å². The third-order valence-corrected chi connectivity index (χ3v) is 2.11. The van der Waals surface area contributed by atoms with Crippen LogP contribution in [0, 0.1) is 0 Å². The van der Waals surface area contributed by atoms with Crippen LogP contribution >= 0.6 is 0 Å². The zero-order chi connectivity index (χ0) is 10.8. The molecule has 0 aliphatic heterocycles. The van der Waals surface area contributed by atoms with E-state index in [9.17, 15) is 0 Å². The molecule has 0 aromatic heterocycles. The van der Waals surface area contributed by atoms with Crippen molar-refractivity contribution in [3.63, 3.8) is 0 Å². The highest BCUT2D eigenvalue weighted by Gasteiger charge is 1.93. The van der Waals surface area contributed by atoms with E-state index in [0.29, 0.717) is 0 Å². The van der Waals surface area contributed by atoms with Crippen LogP contribution in [0.5, 0.6) is 0 Å². The highest BCUT2D eigenvalue weighted by Crippen LogP contribution is 2.12. The average Bonchev–Trinajstić information content (AvgIpc) is 2.22. The van der Waals surface area contributed by atoms with Gasteiger partial charge in [0.1, 0.15) is 0 Å². The number of allylic oxidation sites excluding steroid dienone is 4. The van der Waals surface area contributed by atoms with Gasteiger partial charge in [-0.2, -0.15) is 0 Å². The Morgan fingerprint density at radius 3 is 2.29 bits per heavy atom. The Morgan fingerprint density at radius 1 is 1.14 bits per heavy atom. The summed E-state index contributed by atoms with van der Waals surface area (Å²) in [6, 6.07) is 0. The molecule has 0 atom stereocenters. The molecule has 0 aliphatic carbocycles. The molecule has 0 bridgehead atoms. The monoisotopic (exact) mass is 193 g/mol. The van der Waals surface area contributed by atoms with E-state index in [1.807, 2.05) is 13.1 Å². The summed E-state index contributed by atoms with van der Waals surface area (Å²) in [6.07, 6.45) is 10.9. The van der Waals surface area contributed by atoms with E-state index in [-0.39, 0.29) is 0 Å². The van der Waals surface area contributed by atoms with Crippen molar-refractivity contribution in [1.29, 1.82) is 0 Å². The minimum Gasteiger partial charge on any atom is -0.266 e. The lowest BCUT2D eigenvalue weighted by Crippen LogP contribution is -1.81. The van der Waals surface area contributed by atoms with Gasteiger partial charge < -0.3 is 0 Å². The quantitative estimate of drug-likeness (QED) is 0.435. The number of aliphatic imine (C=N–C) groups is 1. The molecule has 0 saturated carbocycles. The predicted molar refractivity (Wildman–Crippen MR) is 65.8 cm³/mol. The molecule has 0 aliphatic rings. The molecule has 1 nitrogen and oxygen atoms in total. The van der Waals surface area contributed by atoms with Crippen LogP contribution in [0.3, 0.4) is 0 Å². The molecule has 0 saturated heterocycles. The molecule has 14 heavy (non-hydrogen) atoms. The molecule has 0 rings (SSSR count). The summed E-state index contributed by atoms with van der Waals surface area (Å²) in [4.78, 5) is 4.33. The largest absolute Gasteiger partial charge is 0.266 e. The normalized spacial score (nSPS) is 14.0. The van der Waals surface area contributed by atoms with Crippen molar-refractivity contribution in [1.82, 2.24) is 0 Å². The van der Waals surface area contributed by atoms with Gasteiger partial charge in [-0.25, -0.2) is 0 Å². The fraction of sp³-hybridized carbons (Fsp3) is 0.615. The average molecular weight is 193 g/mol. The van der Waals surface area contributed by atoms with Crippen molar-refractivity contribution in [2.45, 2.75) is 53.4 Å². The predicted octanol–water partition coefficient (Wildman–Crippen LogP) is 4.51. The van der Waals surface area contributed by atoms with Gasteiger partial charge in [-0.15, -0.1) is 0 Å². The minimum atomic E-state index is 1.01. The third-order valence-electron chi connectivity index (χ3n) is 2.11. The highest BCUT2D eigenvalue weighted by atomic mass is 14.7. The maximum atomic E-state index is 4.33. The first-order valence-electron chi connectivity index (χ1n) is 5.66. The van der Waals surface area contributed by atoms with Gasteiger partial charge in [-0.05, 0) is 32.3 Å². The standard InChI is InChI=1S/C13H23N/c1-5-9-10-12(6-2)11-13(7-3)14-8-4/h8,10-11H,5-7,9H2,1-4H3/b12-10+,13-11-,14-8?. The second kappa shape index (κ2) is 8.74. The maximum Gasteiger partial charge on any atom is 0.0399 e. The lowest BCUT2D eigenvalue weighted by Gasteiger charge is -2.00. The lowest BCUT2D eigenvalue weighted by molar-refractivity contribution is 0.939. The molecule has 0 fully saturated rings. The second-order valence-electron chi connectivity index (χ2n) is 3.30. The van der Waals surface area contributed by atoms with Crippen molar-refractivity contribution in [3.05, 3.63) is 23.4 Å². The molecule has 0 spiro atoms. The third kappa shape index (κ3) is 5.74. The molecule has 80 valence electrons. The Balaban J connectivity index is 4.52. The number of nitrogens with zero attached hydrogens (tertiary/aromatic N) is 1. The van der Waals surface area contributed by atoms with Crippen molar-refractivity contribution in [2.75, 3.05) is 0 Å². The van der Waals surface area contributed by atoms with Gasteiger partial charge in [0.15, 0.2) is 0 Å². The lowest BCUT2D eigenvalue weighted by atomic mass is 10.1. The first-order chi connectivity index (χ1) is 6.78. The van der Waals surface area contributed by atoms with Crippen LogP contribution in [-0.4, -0.2) is 6.21 Å². The van der Waals surface area contributed by atoms with E-state index in [2.05, 4.69) is 37.9 Å². The first kappa shape index (κ1) is 13.2. The Kier molecular flexibility index (Phi) is 8.20. The fourth-order valence-corrected chi connectivity index (χ4v) is 1.25. The molecule has 0 aromatic rings. The smallest absolute Gasteiger partial charge is 0.0399 e. The number of unbranched alkanes of at least 4 members (excludes halogenated alkanes) is 1. The SMILES string of the molecule is CC=N/C(=C\C(=C\CCC)CC)CC. The Hall–Kier alpha value is -0.850. The Labute approximate surface area is 88.6 Å². The zero-order valence-corrected chi connectivity index (χ0v) is 10.0. The molecule has 1 heteroatoms. The van der Waals surface area contributed by atoms with E-state index in [1.165, 1.54) is 24.1 Å². The van der Waals surface area contributed by atoms with Crippen molar-refractivity contribution < 1.29 is 0 Å². The van der Waals surface area contributed by atoms with Gasteiger partial charge in [-0.1, -0.05) is 38.8 Å². The van der Waals surface area contributed by atoms with Crippen molar-refractivity contribution in [2.24, 2.45) is 4.99 Å². The van der Waals surface area contributed by atoms with E-state index >= 15 is 0 Å². The summed E-state index contributed by atoms with van der Waals surface area (Å²) in [5, 5.41) is 0. The van der Waals surface area contributed by atoms with Crippen LogP contribution in [-0.2, 0) is 0 Å². The van der Waals surface area contributed by atoms with Crippen LogP contribution in [0.25, 0.3) is 0 Å². The Morgan fingerprint density at radius 2 is 1.86 bits per heavy atom. The summed E-state index contributed by atoms with van der Waals surface area (Å²) in [7, 11) is 0. The summed E-state index contributed by atoms with van der Waals surface area (Å²) in [5.74, 6) is 0. The number of hydrogen-bond donors (Lipinski definition) is 0. The Bertz CT molecular complexity index is 221. The van der Waals surface area contributed by atoms with Crippen LogP contribution in [0.1, 0.15) is 53.4 Å². The first-order valence-corrected chi connectivity index (χ1v) is 5.66. The molecule has 0 N–H and O–H groups in total. The van der Waals surface area contributed by atoms with Gasteiger partial charge in [-0.3, -0.25) is 4.99 Å². The summed E-state index contributed by atoms with van der Waals surface area (Å²) >= 11 is 0. The molecule has 0 heterocycles. The molecule has 0 radical (unpaired) electrons. The minimum absolute atomic E-state index is 1.01. The van der Waals surface area contributed by atoms with Crippen LogP contribution in [0.15, 0.2) is 28.4 Å².